The fourth-order valence-electron chi connectivity index (χ4n) is 3.74. The molecule has 1 N–H and O–H groups in total. The van der Waals surface area contributed by atoms with E-state index in [0.717, 1.165) is 54.4 Å². The number of carbonyl (C=O) groups is 1. The van der Waals surface area contributed by atoms with Gasteiger partial charge in [0.25, 0.3) is 0 Å². The van der Waals surface area contributed by atoms with Crippen molar-refractivity contribution in [3.63, 3.8) is 0 Å². The number of carbonyl (C=O) groups excluding carboxylic acids is 1. The number of ether oxygens (including phenoxy) is 1. The molecule has 0 bridgehead atoms. The van der Waals surface area contributed by atoms with Gasteiger partial charge in [-0.15, -0.1) is 10.2 Å². The predicted molar refractivity (Wildman–Crippen MR) is 119 cm³/mol. The first-order valence-corrected chi connectivity index (χ1v) is 10.2. The van der Waals surface area contributed by atoms with Gasteiger partial charge in [-0.1, -0.05) is 23.8 Å². The van der Waals surface area contributed by atoms with Gasteiger partial charge >= 0.3 is 0 Å². The molecule has 6 nitrogen and oxygen atoms in total. The van der Waals surface area contributed by atoms with Gasteiger partial charge in [0.05, 0.1) is 12.8 Å². The highest BCUT2D eigenvalue weighted by atomic mass is 16.5. The van der Waals surface area contributed by atoms with Gasteiger partial charge in [0.2, 0.25) is 5.91 Å². The monoisotopic (exact) mass is 402 g/mol. The van der Waals surface area contributed by atoms with E-state index in [4.69, 9.17) is 4.74 Å². The molecular formula is C24H26N4O2. The smallest absolute Gasteiger partial charge is 0.227 e. The van der Waals surface area contributed by atoms with Crippen LogP contribution in [-0.4, -0.2) is 36.3 Å². The Bertz CT molecular complexity index is 994. The minimum atomic E-state index is 0.00266. The van der Waals surface area contributed by atoms with Crippen molar-refractivity contribution >= 4 is 17.4 Å². The van der Waals surface area contributed by atoms with E-state index >= 15 is 0 Å². The molecule has 1 amide bonds. The van der Waals surface area contributed by atoms with E-state index in [-0.39, 0.29) is 11.8 Å². The van der Waals surface area contributed by atoms with Crippen molar-refractivity contribution in [2.75, 3.05) is 30.4 Å². The standard InChI is InChI=1S/C24H26N4O2/c1-17-4-3-5-19(16-17)22-10-11-23(27-26-22)28-14-12-18(13-15-28)24(29)25-20-6-8-21(30-2)9-7-20/h3-11,16,18H,12-15H2,1-2H3,(H,25,29). The molecule has 1 aliphatic rings. The summed E-state index contributed by atoms with van der Waals surface area (Å²) in [6.07, 6.45) is 1.59. The van der Waals surface area contributed by atoms with Crippen molar-refractivity contribution in [1.29, 1.82) is 0 Å². The summed E-state index contributed by atoms with van der Waals surface area (Å²) in [6, 6.07) is 19.7. The highest BCUT2D eigenvalue weighted by Crippen LogP contribution is 2.25. The van der Waals surface area contributed by atoms with Gasteiger partial charge in [-0.05, 0) is 62.2 Å². The Balaban J connectivity index is 1.33. The molecule has 0 aliphatic carbocycles. The highest BCUT2D eigenvalue weighted by molar-refractivity contribution is 5.92. The zero-order valence-corrected chi connectivity index (χ0v) is 17.3. The van der Waals surface area contributed by atoms with Gasteiger partial charge in [0.1, 0.15) is 5.75 Å². The first-order chi connectivity index (χ1) is 14.6. The maximum Gasteiger partial charge on any atom is 0.227 e. The molecule has 4 rings (SSSR count). The SMILES string of the molecule is COc1ccc(NC(=O)C2CCN(c3ccc(-c4cccc(C)c4)nn3)CC2)cc1. The van der Waals surface area contributed by atoms with Crippen molar-refractivity contribution in [3.05, 3.63) is 66.2 Å². The van der Waals surface area contributed by atoms with Gasteiger partial charge in [0, 0.05) is 30.3 Å². The third-order valence-corrected chi connectivity index (χ3v) is 5.51. The van der Waals surface area contributed by atoms with Crippen LogP contribution in [0.4, 0.5) is 11.5 Å². The summed E-state index contributed by atoms with van der Waals surface area (Å²) in [4.78, 5) is 14.8. The number of aryl methyl sites for hydroxylation is 1. The van der Waals surface area contributed by atoms with E-state index in [9.17, 15) is 4.79 Å². The van der Waals surface area contributed by atoms with E-state index in [1.165, 1.54) is 5.56 Å². The summed E-state index contributed by atoms with van der Waals surface area (Å²) >= 11 is 0. The number of hydrogen-bond donors (Lipinski definition) is 1. The Labute approximate surface area is 176 Å². The summed E-state index contributed by atoms with van der Waals surface area (Å²) < 4.78 is 5.15. The fourth-order valence-corrected chi connectivity index (χ4v) is 3.74. The van der Waals surface area contributed by atoms with Crippen LogP contribution in [0.2, 0.25) is 0 Å². The Morgan fingerprint density at radius 3 is 2.43 bits per heavy atom. The second-order valence-electron chi connectivity index (χ2n) is 7.63. The van der Waals surface area contributed by atoms with Crippen LogP contribution in [0.15, 0.2) is 60.7 Å². The van der Waals surface area contributed by atoms with E-state index < -0.39 is 0 Å². The second-order valence-corrected chi connectivity index (χ2v) is 7.63. The van der Waals surface area contributed by atoms with Crippen LogP contribution >= 0.6 is 0 Å². The number of nitrogens with one attached hydrogen (secondary N) is 1. The number of aromatic nitrogens is 2. The molecule has 30 heavy (non-hydrogen) atoms. The largest absolute Gasteiger partial charge is 0.497 e. The van der Waals surface area contributed by atoms with E-state index in [2.05, 4.69) is 39.5 Å². The number of benzene rings is 2. The van der Waals surface area contributed by atoms with Gasteiger partial charge in [-0.3, -0.25) is 4.79 Å². The van der Waals surface area contributed by atoms with Crippen LogP contribution in [0.25, 0.3) is 11.3 Å². The summed E-state index contributed by atoms with van der Waals surface area (Å²) in [6.45, 7) is 3.65. The third-order valence-electron chi connectivity index (χ3n) is 5.51. The van der Waals surface area contributed by atoms with Crippen LogP contribution in [-0.2, 0) is 4.79 Å². The molecule has 6 heteroatoms. The molecular weight excluding hydrogens is 376 g/mol. The maximum atomic E-state index is 12.6. The molecule has 0 unspecified atom stereocenters. The average Bonchev–Trinajstić information content (AvgIpc) is 2.80. The lowest BCUT2D eigenvalue weighted by molar-refractivity contribution is -0.120. The normalized spacial score (nSPS) is 14.4. The number of nitrogens with zero attached hydrogens (tertiary/aromatic N) is 3. The second kappa shape index (κ2) is 8.95. The molecule has 1 aliphatic heterocycles. The highest BCUT2D eigenvalue weighted by Gasteiger charge is 2.26. The molecule has 1 saturated heterocycles. The van der Waals surface area contributed by atoms with Crippen LogP contribution in [0.3, 0.4) is 0 Å². The fraction of sp³-hybridized carbons (Fsp3) is 0.292. The maximum absolute atomic E-state index is 12.6. The van der Waals surface area contributed by atoms with Crippen molar-refractivity contribution < 1.29 is 9.53 Å². The van der Waals surface area contributed by atoms with E-state index in [1.54, 1.807) is 7.11 Å². The van der Waals surface area contributed by atoms with Gasteiger partial charge < -0.3 is 15.0 Å². The van der Waals surface area contributed by atoms with Crippen molar-refractivity contribution in [1.82, 2.24) is 10.2 Å². The summed E-state index contributed by atoms with van der Waals surface area (Å²) in [5.74, 6) is 1.71. The van der Waals surface area contributed by atoms with Crippen molar-refractivity contribution in [2.24, 2.45) is 5.92 Å². The number of hydrogen-bond acceptors (Lipinski definition) is 5. The number of methoxy groups -OCH3 is 1. The Morgan fingerprint density at radius 2 is 1.80 bits per heavy atom. The molecule has 3 aromatic rings. The van der Waals surface area contributed by atoms with Gasteiger partial charge in [0.15, 0.2) is 5.82 Å². The third kappa shape index (κ3) is 4.59. The molecule has 2 heterocycles. The van der Waals surface area contributed by atoms with Gasteiger partial charge in [-0.2, -0.15) is 0 Å². The average molecular weight is 402 g/mol. The van der Waals surface area contributed by atoms with E-state index in [0.29, 0.717) is 0 Å². The zero-order chi connectivity index (χ0) is 20.9. The topological polar surface area (TPSA) is 67.3 Å². The molecule has 0 radical (unpaired) electrons. The molecule has 0 spiro atoms. The van der Waals surface area contributed by atoms with Crippen LogP contribution in [0, 0.1) is 12.8 Å². The number of anilines is 2. The summed E-state index contributed by atoms with van der Waals surface area (Å²) in [5.41, 5.74) is 3.94. The minimum Gasteiger partial charge on any atom is -0.497 e. The molecule has 2 aromatic carbocycles. The van der Waals surface area contributed by atoms with Crippen LogP contribution in [0.5, 0.6) is 5.75 Å². The number of rotatable bonds is 5. The van der Waals surface area contributed by atoms with Gasteiger partial charge in [-0.25, -0.2) is 0 Å². The first-order valence-electron chi connectivity index (χ1n) is 10.2. The molecule has 1 fully saturated rings. The quantitative estimate of drug-likeness (QED) is 0.689. The zero-order valence-electron chi connectivity index (χ0n) is 17.3. The van der Waals surface area contributed by atoms with Crippen LogP contribution < -0.4 is 15.0 Å². The lowest BCUT2D eigenvalue weighted by Gasteiger charge is -2.31. The Morgan fingerprint density at radius 1 is 1.03 bits per heavy atom. The lowest BCUT2D eigenvalue weighted by atomic mass is 9.95. The summed E-state index contributed by atoms with van der Waals surface area (Å²) in [7, 11) is 1.63. The minimum absolute atomic E-state index is 0.00266. The Kier molecular flexibility index (Phi) is 5.93. The first kappa shape index (κ1) is 19.9. The van der Waals surface area contributed by atoms with Crippen LogP contribution in [0.1, 0.15) is 18.4 Å². The lowest BCUT2D eigenvalue weighted by Crippen LogP contribution is -2.38. The molecule has 0 saturated carbocycles. The molecule has 154 valence electrons. The predicted octanol–water partition coefficient (Wildman–Crippen LogP) is 4.32. The Hall–Kier alpha value is -3.41. The van der Waals surface area contributed by atoms with Crippen molar-refractivity contribution in [2.45, 2.75) is 19.8 Å². The number of amides is 1. The van der Waals surface area contributed by atoms with Crippen molar-refractivity contribution in [3.8, 4) is 17.0 Å². The molecule has 1 aromatic heterocycles. The molecule has 0 atom stereocenters. The van der Waals surface area contributed by atoms with E-state index in [1.807, 2.05) is 48.5 Å². The number of piperidine rings is 1. The summed E-state index contributed by atoms with van der Waals surface area (Å²) in [5, 5.41) is 11.8.